The fourth-order valence-corrected chi connectivity index (χ4v) is 2.93. The third-order valence-corrected chi connectivity index (χ3v) is 3.96. The van der Waals surface area contributed by atoms with E-state index in [9.17, 15) is 9.59 Å². The third kappa shape index (κ3) is 1.46. The first-order chi connectivity index (χ1) is 7.65. The molecule has 1 aliphatic carbocycles. The standard InChI is InChI=1S/C13H13BrO2/c1-2-13(11(15)8-14)7-9-5-3-4-6-10(9)12(13)16/h3-6H,2,7-8H2,1H3. The van der Waals surface area contributed by atoms with Gasteiger partial charge in [0.05, 0.1) is 10.7 Å². The van der Waals surface area contributed by atoms with Gasteiger partial charge < -0.3 is 0 Å². The van der Waals surface area contributed by atoms with Crippen molar-refractivity contribution in [2.24, 2.45) is 5.41 Å². The zero-order chi connectivity index (χ0) is 11.8. The van der Waals surface area contributed by atoms with Crippen LogP contribution in [-0.4, -0.2) is 16.9 Å². The number of hydrogen-bond donors (Lipinski definition) is 0. The molecule has 0 saturated carbocycles. The van der Waals surface area contributed by atoms with E-state index < -0.39 is 5.41 Å². The number of ketones is 2. The van der Waals surface area contributed by atoms with Crippen molar-refractivity contribution in [1.82, 2.24) is 0 Å². The van der Waals surface area contributed by atoms with Gasteiger partial charge in [-0.1, -0.05) is 47.1 Å². The Morgan fingerprint density at radius 1 is 1.44 bits per heavy atom. The summed E-state index contributed by atoms with van der Waals surface area (Å²) in [5, 5.41) is 0.251. The fraction of sp³-hybridized carbons (Fsp3) is 0.385. The predicted molar refractivity (Wildman–Crippen MR) is 66.0 cm³/mol. The summed E-state index contributed by atoms with van der Waals surface area (Å²) in [5.74, 6) is -0.00810. The van der Waals surface area contributed by atoms with E-state index in [1.807, 2.05) is 31.2 Å². The minimum absolute atomic E-state index is 0.00352. The van der Waals surface area contributed by atoms with Crippen LogP contribution in [0.1, 0.15) is 29.3 Å². The first kappa shape index (κ1) is 11.5. The van der Waals surface area contributed by atoms with Gasteiger partial charge in [0.15, 0.2) is 11.6 Å². The second-order valence-electron chi connectivity index (χ2n) is 4.16. The first-order valence-corrected chi connectivity index (χ1v) is 6.50. The van der Waals surface area contributed by atoms with E-state index in [-0.39, 0.29) is 16.9 Å². The molecule has 2 rings (SSSR count). The monoisotopic (exact) mass is 280 g/mol. The highest BCUT2D eigenvalue weighted by molar-refractivity contribution is 9.09. The number of halogens is 1. The number of rotatable bonds is 3. The van der Waals surface area contributed by atoms with Gasteiger partial charge in [-0.3, -0.25) is 9.59 Å². The predicted octanol–water partition coefficient (Wildman–Crippen LogP) is 2.79. The molecule has 0 aromatic heterocycles. The maximum Gasteiger partial charge on any atom is 0.177 e. The topological polar surface area (TPSA) is 34.1 Å². The van der Waals surface area contributed by atoms with Gasteiger partial charge in [0.25, 0.3) is 0 Å². The summed E-state index contributed by atoms with van der Waals surface area (Å²) in [6.07, 6.45) is 1.13. The summed E-state index contributed by atoms with van der Waals surface area (Å²) in [5.41, 5.74) is 0.912. The Labute approximate surface area is 103 Å². The van der Waals surface area contributed by atoms with Crippen molar-refractivity contribution in [2.75, 3.05) is 5.33 Å². The lowest BCUT2D eigenvalue weighted by atomic mass is 9.77. The van der Waals surface area contributed by atoms with Crippen LogP contribution < -0.4 is 0 Å². The Morgan fingerprint density at radius 2 is 2.12 bits per heavy atom. The molecule has 1 aromatic rings. The van der Waals surface area contributed by atoms with Crippen molar-refractivity contribution in [3.05, 3.63) is 35.4 Å². The number of benzene rings is 1. The number of carbonyl (C=O) groups is 2. The lowest BCUT2D eigenvalue weighted by molar-refractivity contribution is -0.123. The SMILES string of the molecule is CCC1(C(=O)CBr)Cc2ccccc2C1=O. The van der Waals surface area contributed by atoms with Crippen LogP contribution in [0.15, 0.2) is 24.3 Å². The van der Waals surface area contributed by atoms with Crippen LogP contribution in [0, 0.1) is 5.41 Å². The van der Waals surface area contributed by atoms with Crippen molar-refractivity contribution >= 4 is 27.5 Å². The van der Waals surface area contributed by atoms with Gasteiger partial charge in [0.1, 0.15) is 0 Å². The van der Waals surface area contributed by atoms with Crippen molar-refractivity contribution in [3.63, 3.8) is 0 Å². The van der Waals surface area contributed by atoms with Gasteiger partial charge >= 0.3 is 0 Å². The molecule has 2 nitrogen and oxygen atoms in total. The highest BCUT2D eigenvalue weighted by Crippen LogP contribution is 2.40. The van der Waals surface area contributed by atoms with Gasteiger partial charge in [-0.05, 0) is 18.4 Å². The summed E-state index contributed by atoms with van der Waals surface area (Å²) in [6.45, 7) is 1.91. The number of fused-ring (bicyclic) bond motifs is 1. The molecule has 0 fully saturated rings. The lowest BCUT2D eigenvalue weighted by Gasteiger charge is -2.22. The largest absolute Gasteiger partial charge is 0.298 e. The first-order valence-electron chi connectivity index (χ1n) is 5.37. The molecule has 84 valence electrons. The molecule has 3 heteroatoms. The smallest absolute Gasteiger partial charge is 0.177 e. The molecule has 0 amide bonds. The minimum Gasteiger partial charge on any atom is -0.298 e. The average Bonchev–Trinajstić information content (AvgIpc) is 2.63. The van der Waals surface area contributed by atoms with Crippen LogP contribution in [0.3, 0.4) is 0 Å². The zero-order valence-electron chi connectivity index (χ0n) is 9.13. The van der Waals surface area contributed by atoms with Gasteiger partial charge in [-0.25, -0.2) is 0 Å². The van der Waals surface area contributed by atoms with Crippen LogP contribution >= 0.6 is 15.9 Å². The summed E-state index contributed by atoms with van der Waals surface area (Å²) in [4.78, 5) is 24.3. The molecule has 1 aliphatic rings. The average molecular weight is 281 g/mol. The van der Waals surface area contributed by atoms with E-state index in [4.69, 9.17) is 0 Å². The number of alkyl halides is 1. The fourth-order valence-electron chi connectivity index (χ4n) is 2.39. The minimum atomic E-state index is -0.812. The van der Waals surface area contributed by atoms with E-state index in [1.165, 1.54) is 0 Å². The van der Waals surface area contributed by atoms with Gasteiger partial charge in [-0.15, -0.1) is 0 Å². The highest BCUT2D eigenvalue weighted by atomic mass is 79.9. The summed E-state index contributed by atoms with van der Waals surface area (Å²) >= 11 is 3.17. The van der Waals surface area contributed by atoms with Crippen molar-refractivity contribution in [2.45, 2.75) is 19.8 Å². The molecule has 1 aromatic carbocycles. The summed E-state index contributed by atoms with van der Waals surface area (Å²) < 4.78 is 0. The van der Waals surface area contributed by atoms with E-state index in [0.29, 0.717) is 12.8 Å². The molecule has 1 unspecified atom stereocenters. The molecule has 0 heterocycles. The van der Waals surface area contributed by atoms with Crippen molar-refractivity contribution in [1.29, 1.82) is 0 Å². The number of hydrogen-bond acceptors (Lipinski definition) is 2. The van der Waals surface area contributed by atoms with Crippen LogP contribution in [-0.2, 0) is 11.2 Å². The summed E-state index contributed by atoms with van der Waals surface area (Å²) in [7, 11) is 0. The van der Waals surface area contributed by atoms with Gasteiger partial charge in [0, 0.05) is 5.56 Å². The normalized spacial score (nSPS) is 23.2. The maximum absolute atomic E-state index is 12.3. The van der Waals surface area contributed by atoms with Gasteiger partial charge in [0.2, 0.25) is 0 Å². The summed E-state index contributed by atoms with van der Waals surface area (Å²) in [6, 6.07) is 7.51. The highest BCUT2D eigenvalue weighted by Gasteiger charge is 2.48. The second-order valence-corrected chi connectivity index (χ2v) is 4.72. The van der Waals surface area contributed by atoms with Crippen LogP contribution in [0.25, 0.3) is 0 Å². The zero-order valence-corrected chi connectivity index (χ0v) is 10.7. The lowest BCUT2D eigenvalue weighted by Crippen LogP contribution is -2.37. The Hall–Kier alpha value is -0.960. The van der Waals surface area contributed by atoms with Crippen LogP contribution in [0.2, 0.25) is 0 Å². The Bertz CT molecular complexity index is 453. The molecule has 0 radical (unpaired) electrons. The second kappa shape index (κ2) is 4.13. The Kier molecular flexibility index (Phi) is 2.98. The van der Waals surface area contributed by atoms with Gasteiger partial charge in [-0.2, -0.15) is 0 Å². The quantitative estimate of drug-likeness (QED) is 0.630. The van der Waals surface area contributed by atoms with Crippen molar-refractivity contribution in [3.8, 4) is 0 Å². The molecular weight excluding hydrogens is 268 g/mol. The molecule has 0 spiro atoms. The maximum atomic E-state index is 12.3. The molecule has 0 aliphatic heterocycles. The Morgan fingerprint density at radius 3 is 2.69 bits per heavy atom. The molecule has 0 N–H and O–H groups in total. The molecule has 0 bridgehead atoms. The molecule has 16 heavy (non-hydrogen) atoms. The molecule has 0 saturated heterocycles. The number of Topliss-reactive ketones (excluding diaryl/α,β-unsaturated/α-hetero) is 2. The third-order valence-electron chi connectivity index (χ3n) is 3.45. The Balaban J connectivity index is 2.49. The van der Waals surface area contributed by atoms with Crippen LogP contribution in [0.5, 0.6) is 0 Å². The van der Waals surface area contributed by atoms with Crippen molar-refractivity contribution < 1.29 is 9.59 Å². The molecular formula is C13H13BrO2. The van der Waals surface area contributed by atoms with Crippen LogP contribution in [0.4, 0.5) is 0 Å². The van der Waals surface area contributed by atoms with E-state index in [0.717, 1.165) is 11.1 Å². The van der Waals surface area contributed by atoms with E-state index in [1.54, 1.807) is 0 Å². The number of carbonyl (C=O) groups excluding carboxylic acids is 2. The van der Waals surface area contributed by atoms with E-state index >= 15 is 0 Å². The molecule has 1 atom stereocenters. The van der Waals surface area contributed by atoms with E-state index in [2.05, 4.69) is 15.9 Å².